The van der Waals surface area contributed by atoms with E-state index in [2.05, 4.69) is 0 Å². The summed E-state index contributed by atoms with van der Waals surface area (Å²) in [5.74, 6) is -2.50. The molecule has 6 heteroatoms. The van der Waals surface area contributed by atoms with Gasteiger partial charge in [0, 0.05) is 35.6 Å². The number of aryl methyl sites for hydroxylation is 1. The number of carbonyl (C=O) groups is 1. The van der Waals surface area contributed by atoms with E-state index in [9.17, 15) is 18.4 Å². The van der Waals surface area contributed by atoms with Crippen LogP contribution >= 0.6 is 0 Å². The zero-order valence-corrected chi connectivity index (χ0v) is 15.0. The number of ether oxygens (including phenoxy) is 1. The standard InChI is InChI=1S/C22H14F2O4/c1-11-5-3-4-6-13(11)22-14-7-16(23)18(26)9-19(14)28-20-10-21(27-12(2)25)17(24)8-15(20)22/h3-10H,1-2H3. The third-order valence-corrected chi connectivity index (χ3v) is 4.49. The van der Waals surface area contributed by atoms with Crippen LogP contribution in [0, 0.1) is 18.6 Å². The van der Waals surface area contributed by atoms with Gasteiger partial charge in [-0.2, -0.15) is 0 Å². The highest BCUT2D eigenvalue weighted by atomic mass is 19.1. The van der Waals surface area contributed by atoms with Crippen molar-refractivity contribution in [1.29, 1.82) is 0 Å². The van der Waals surface area contributed by atoms with E-state index in [1.54, 1.807) is 0 Å². The first-order valence-corrected chi connectivity index (χ1v) is 8.49. The smallest absolute Gasteiger partial charge is 0.308 e. The Balaban J connectivity index is 2.18. The van der Waals surface area contributed by atoms with Crippen molar-refractivity contribution in [2.45, 2.75) is 13.8 Å². The van der Waals surface area contributed by atoms with Gasteiger partial charge >= 0.3 is 5.97 Å². The number of hydrogen-bond acceptors (Lipinski definition) is 4. The Labute approximate surface area is 158 Å². The van der Waals surface area contributed by atoms with Gasteiger partial charge in [-0.25, -0.2) is 8.78 Å². The molecule has 4 rings (SSSR count). The van der Waals surface area contributed by atoms with Crippen molar-refractivity contribution < 1.29 is 22.7 Å². The van der Waals surface area contributed by atoms with E-state index in [-0.39, 0.29) is 17.1 Å². The van der Waals surface area contributed by atoms with Gasteiger partial charge in [-0.3, -0.25) is 9.59 Å². The van der Waals surface area contributed by atoms with Gasteiger partial charge in [0.1, 0.15) is 11.3 Å². The molecule has 0 fully saturated rings. The minimum atomic E-state index is -0.922. The topological polar surface area (TPSA) is 56.5 Å². The summed E-state index contributed by atoms with van der Waals surface area (Å²) >= 11 is 0. The summed E-state index contributed by atoms with van der Waals surface area (Å²) in [7, 11) is 0. The molecule has 0 saturated carbocycles. The third kappa shape index (κ3) is 2.93. The summed E-state index contributed by atoms with van der Waals surface area (Å²) in [6, 6.07) is 11.9. The molecule has 140 valence electrons. The summed E-state index contributed by atoms with van der Waals surface area (Å²) in [5.41, 5.74) is 1.89. The Morgan fingerprint density at radius 3 is 2.46 bits per heavy atom. The number of esters is 1. The van der Waals surface area contributed by atoms with Crippen molar-refractivity contribution in [3.8, 4) is 28.2 Å². The van der Waals surface area contributed by atoms with E-state index >= 15 is 0 Å². The number of halogens is 2. The van der Waals surface area contributed by atoms with E-state index in [1.807, 2.05) is 31.2 Å². The fourth-order valence-corrected chi connectivity index (χ4v) is 3.27. The molecular formula is C22H14F2O4. The lowest BCUT2D eigenvalue weighted by Gasteiger charge is -2.17. The second-order valence-corrected chi connectivity index (χ2v) is 6.44. The third-order valence-electron chi connectivity index (χ3n) is 4.49. The molecular weight excluding hydrogens is 366 g/mol. The van der Waals surface area contributed by atoms with E-state index in [1.165, 1.54) is 12.1 Å². The van der Waals surface area contributed by atoms with Crippen LogP contribution in [0.5, 0.6) is 5.75 Å². The fraction of sp³-hybridized carbons (Fsp3) is 0.0909. The first-order chi connectivity index (χ1) is 13.3. The normalized spacial score (nSPS) is 11.1. The molecule has 0 bridgehead atoms. The van der Waals surface area contributed by atoms with Crippen LogP contribution in [0.15, 0.2) is 57.7 Å². The molecule has 2 aromatic carbocycles. The highest BCUT2D eigenvalue weighted by molar-refractivity contribution is 6.03. The molecule has 1 heterocycles. The van der Waals surface area contributed by atoms with Crippen LogP contribution in [0.2, 0.25) is 0 Å². The van der Waals surface area contributed by atoms with Crippen LogP contribution in [0.3, 0.4) is 0 Å². The lowest BCUT2D eigenvalue weighted by molar-refractivity contribution is -0.132. The van der Waals surface area contributed by atoms with Crippen LogP contribution in [-0.4, -0.2) is 5.97 Å². The average Bonchev–Trinajstić information content (AvgIpc) is 2.63. The van der Waals surface area contributed by atoms with Crippen molar-refractivity contribution >= 4 is 16.9 Å². The largest absolute Gasteiger partial charge is 0.456 e. The van der Waals surface area contributed by atoms with Gasteiger partial charge in [0.25, 0.3) is 0 Å². The Morgan fingerprint density at radius 2 is 1.75 bits per heavy atom. The number of benzene rings is 3. The average molecular weight is 380 g/mol. The second kappa shape index (κ2) is 6.56. The van der Waals surface area contributed by atoms with Crippen molar-refractivity contribution in [3.05, 3.63) is 76.0 Å². The first kappa shape index (κ1) is 17.9. The summed E-state index contributed by atoms with van der Waals surface area (Å²) < 4.78 is 39.2. The number of carbonyl (C=O) groups excluding carboxylic acids is 1. The minimum absolute atomic E-state index is 0.150. The Hall–Kier alpha value is -3.54. The molecule has 0 aromatic heterocycles. The summed E-state index contributed by atoms with van der Waals surface area (Å²) in [5, 5.41) is 0.369. The maximum absolute atomic E-state index is 14.6. The Bertz CT molecular complexity index is 1270. The summed E-state index contributed by atoms with van der Waals surface area (Å²) in [6.45, 7) is 3.03. The molecule has 0 radical (unpaired) electrons. The highest BCUT2D eigenvalue weighted by Crippen LogP contribution is 2.42. The van der Waals surface area contributed by atoms with Gasteiger partial charge in [0.2, 0.25) is 5.43 Å². The van der Waals surface area contributed by atoms with Crippen molar-refractivity contribution in [3.63, 3.8) is 0 Å². The SMILES string of the molecule is CC(=O)Oc1cc2oc3cc(=O)c(F)cc-3c(-c3ccccc3C)c2cc1F. The number of fused-ring (bicyclic) bond motifs is 2. The molecule has 0 amide bonds. The van der Waals surface area contributed by atoms with E-state index in [0.29, 0.717) is 16.5 Å². The molecule has 28 heavy (non-hydrogen) atoms. The van der Waals surface area contributed by atoms with Crippen LogP contribution < -0.4 is 10.2 Å². The minimum Gasteiger partial charge on any atom is -0.456 e. The van der Waals surface area contributed by atoms with Gasteiger partial charge in [0.05, 0.1) is 0 Å². The Morgan fingerprint density at radius 1 is 1.00 bits per heavy atom. The number of rotatable bonds is 2. The molecule has 2 aromatic rings. The second-order valence-electron chi connectivity index (χ2n) is 6.44. The molecule has 1 aliphatic carbocycles. The zero-order chi connectivity index (χ0) is 20.0. The van der Waals surface area contributed by atoms with Crippen LogP contribution in [0.4, 0.5) is 8.78 Å². The Kier molecular flexibility index (Phi) is 4.19. The molecule has 4 nitrogen and oxygen atoms in total. The zero-order valence-electron chi connectivity index (χ0n) is 15.0. The monoisotopic (exact) mass is 380 g/mol. The molecule has 0 spiro atoms. The van der Waals surface area contributed by atoms with Gasteiger partial charge in [-0.05, 0) is 30.2 Å². The van der Waals surface area contributed by atoms with Crippen LogP contribution in [0.25, 0.3) is 33.4 Å². The maximum Gasteiger partial charge on any atom is 0.308 e. The van der Waals surface area contributed by atoms with E-state index in [4.69, 9.17) is 9.15 Å². The van der Waals surface area contributed by atoms with Crippen molar-refractivity contribution in [2.75, 3.05) is 0 Å². The van der Waals surface area contributed by atoms with Gasteiger partial charge < -0.3 is 9.15 Å². The molecule has 1 aliphatic heterocycles. The molecule has 0 N–H and O–H groups in total. The van der Waals surface area contributed by atoms with Crippen LogP contribution in [-0.2, 0) is 4.79 Å². The lowest BCUT2D eigenvalue weighted by Crippen LogP contribution is -2.07. The van der Waals surface area contributed by atoms with E-state index in [0.717, 1.165) is 30.2 Å². The number of hydrogen-bond donors (Lipinski definition) is 0. The predicted molar refractivity (Wildman–Crippen MR) is 101 cm³/mol. The fourth-order valence-electron chi connectivity index (χ4n) is 3.27. The van der Waals surface area contributed by atoms with Crippen molar-refractivity contribution in [1.82, 2.24) is 0 Å². The van der Waals surface area contributed by atoms with Crippen molar-refractivity contribution in [2.24, 2.45) is 0 Å². The molecule has 0 saturated heterocycles. The first-order valence-electron chi connectivity index (χ1n) is 8.49. The predicted octanol–water partition coefficient (Wildman–Crippen LogP) is 5.08. The van der Waals surface area contributed by atoms with Gasteiger partial charge in [0.15, 0.2) is 17.4 Å². The van der Waals surface area contributed by atoms with Crippen LogP contribution in [0.1, 0.15) is 12.5 Å². The maximum atomic E-state index is 14.6. The molecule has 0 unspecified atom stereocenters. The summed E-state index contributed by atoms with van der Waals surface area (Å²) in [4.78, 5) is 23.0. The van der Waals surface area contributed by atoms with E-state index < -0.39 is 23.0 Å². The van der Waals surface area contributed by atoms with Gasteiger partial charge in [-0.1, -0.05) is 24.3 Å². The highest BCUT2D eigenvalue weighted by Gasteiger charge is 2.22. The van der Waals surface area contributed by atoms with Gasteiger partial charge in [-0.15, -0.1) is 0 Å². The quantitative estimate of drug-likeness (QED) is 0.277. The molecule has 0 atom stereocenters. The summed E-state index contributed by atoms with van der Waals surface area (Å²) in [6.07, 6.45) is 0. The molecule has 2 aliphatic rings. The lowest BCUT2D eigenvalue weighted by atomic mass is 9.91.